The summed E-state index contributed by atoms with van der Waals surface area (Å²) in [6.45, 7) is 2.00. The second-order valence-electron chi connectivity index (χ2n) is 6.13. The first-order valence-corrected chi connectivity index (χ1v) is 7.24. The molecule has 0 spiro atoms. The van der Waals surface area contributed by atoms with E-state index < -0.39 is 5.41 Å². The van der Waals surface area contributed by atoms with Crippen LogP contribution in [-0.2, 0) is 11.2 Å². The number of hydrogen-bond donors (Lipinski definition) is 2. The minimum Gasteiger partial charge on any atom is -0.469 e. The van der Waals surface area contributed by atoms with Crippen LogP contribution in [0.1, 0.15) is 56.4 Å². The van der Waals surface area contributed by atoms with Crippen molar-refractivity contribution in [1.29, 1.82) is 0 Å². The zero-order valence-electron chi connectivity index (χ0n) is 11.4. The van der Waals surface area contributed by atoms with Gasteiger partial charge >= 0.3 is 0 Å². The molecule has 3 rings (SSSR count). The summed E-state index contributed by atoms with van der Waals surface area (Å²) in [5, 5.41) is 3.20. The molecule has 0 aliphatic heterocycles. The van der Waals surface area contributed by atoms with E-state index in [1.807, 2.05) is 13.0 Å². The molecule has 0 bridgehead atoms. The minimum absolute atomic E-state index is 0.0140. The Balaban J connectivity index is 1.75. The molecule has 3 N–H and O–H groups in total. The Kier molecular flexibility index (Phi) is 3.13. The lowest BCUT2D eigenvalue weighted by molar-refractivity contribution is -0.131. The Labute approximate surface area is 113 Å². The summed E-state index contributed by atoms with van der Waals surface area (Å²) < 4.78 is 5.46. The van der Waals surface area contributed by atoms with Crippen LogP contribution in [0.25, 0.3) is 0 Å². The SMILES string of the molecule is CC1(C(=O)NC2CCCc3occc32)CCCC1N. The molecule has 0 aromatic carbocycles. The van der Waals surface area contributed by atoms with Crippen LogP contribution in [0.4, 0.5) is 0 Å². The third-order valence-electron chi connectivity index (χ3n) is 4.91. The third-order valence-corrected chi connectivity index (χ3v) is 4.91. The van der Waals surface area contributed by atoms with E-state index >= 15 is 0 Å². The van der Waals surface area contributed by atoms with Gasteiger partial charge in [-0.15, -0.1) is 0 Å². The number of nitrogens with two attached hydrogens (primary N) is 1. The van der Waals surface area contributed by atoms with E-state index in [9.17, 15) is 4.79 Å². The van der Waals surface area contributed by atoms with Gasteiger partial charge in [-0.1, -0.05) is 6.42 Å². The second-order valence-corrected chi connectivity index (χ2v) is 6.13. The molecule has 1 aromatic heterocycles. The second kappa shape index (κ2) is 4.67. The quantitative estimate of drug-likeness (QED) is 0.859. The van der Waals surface area contributed by atoms with Crippen LogP contribution in [0.5, 0.6) is 0 Å². The summed E-state index contributed by atoms with van der Waals surface area (Å²) in [5.41, 5.74) is 6.86. The van der Waals surface area contributed by atoms with Crippen molar-refractivity contribution in [3.8, 4) is 0 Å². The van der Waals surface area contributed by atoms with Crippen LogP contribution < -0.4 is 11.1 Å². The average Bonchev–Trinajstić information content (AvgIpc) is 2.99. The highest BCUT2D eigenvalue weighted by molar-refractivity contribution is 5.83. The fourth-order valence-electron chi connectivity index (χ4n) is 3.43. The molecule has 3 unspecified atom stereocenters. The lowest BCUT2D eigenvalue weighted by Crippen LogP contribution is -2.48. The van der Waals surface area contributed by atoms with Gasteiger partial charge in [-0.3, -0.25) is 4.79 Å². The molecule has 19 heavy (non-hydrogen) atoms. The van der Waals surface area contributed by atoms with Gasteiger partial charge in [0.05, 0.1) is 17.7 Å². The summed E-state index contributed by atoms with van der Waals surface area (Å²) in [6.07, 6.45) is 7.64. The van der Waals surface area contributed by atoms with Gasteiger partial charge < -0.3 is 15.5 Å². The third kappa shape index (κ3) is 2.08. The van der Waals surface area contributed by atoms with E-state index in [4.69, 9.17) is 10.2 Å². The summed E-state index contributed by atoms with van der Waals surface area (Å²) >= 11 is 0. The highest BCUT2D eigenvalue weighted by atomic mass is 16.3. The van der Waals surface area contributed by atoms with Crippen molar-refractivity contribution >= 4 is 5.91 Å². The van der Waals surface area contributed by atoms with Crippen LogP contribution >= 0.6 is 0 Å². The Bertz CT molecular complexity index is 482. The standard InChI is InChI=1S/C15H22N2O2/c1-15(8-3-6-13(15)16)14(18)17-11-4-2-5-12-10(11)7-9-19-12/h7,9,11,13H,2-6,8,16H2,1H3,(H,17,18). The molecule has 0 saturated heterocycles. The zero-order valence-corrected chi connectivity index (χ0v) is 11.4. The van der Waals surface area contributed by atoms with E-state index in [2.05, 4.69) is 5.32 Å². The summed E-state index contributed by atoms with van der Waals surface area (Å²) in [5.74, 6) is 1.13. The lowest BCUT2D eigenvalue weighted by atomic mass is 9.83. The normalized spacial score (nSPS) is 34.0. The van der Waals surface area contributed by atoms with Crippen LogP contribution in [0, 0.1) is 5.41 Å². The van der Waals surface area contributed by atoms with E-state index in [0.717, 1.165) is 49.8 Å². The van der Waals surface area contributed by atoms with Crippen molar-refractivity contribution in [1.82, 2.24) is 5.32 Å². The first kappa shape index (κ1) is 12.7. The number of furan rings is 1. The Morgan fingerprint density at radius 2 is 2.32 bits per heavy atom. The van der Waals surface area contributed by atoms with Crippen LogP contribution in [-0.4, -0.2) is 11.9 Å². The number of hydrogen-bond acceptors (Lipinski definition) is 3. The Morgan fingerprint density at radius 3 is 3.05 bits per heavy atom. The molecule has 104 valence electrons. The number of aryl methyl sites for hydroxylation is 1. The van der Waals surface area contributed by atoms with E-state index in [-0.39, 0.29) is 18.0 Å². The van der Waals surface area contributed by atoms with Gasteiger partial charge in [-0.05, 0) is 38.7 Å². The van der Waals surface area contributed by atoms with Gasteiger partial charge in [-0.25, -0.2) is 0 Å². The Morgan fingerprint density at radius 1 is 1.47 bits per heavy atom. The molecule has 0 radical (unpaired) electrons. The van der Waals surface area contributed by atoms with E-state index in [0.29, 0.717) is 0 Å². The number of carbonyl (C=O) groups excluding carboxylic acids is 1. The number of fused-ring (bicyclic) bond motifs is 1. The molecule has 4 heteroatoms. The van der Waals surface area contributed by atoms with Crippen molar-refractivity contribution < 1.29 is 9.21 Å². The smallest absolute Gasteiger partial charge is 0.227 e. The van der Waals surface area contributed by atoms with Gasteiger partial charge in [0.2, 0.25) is 5.91 Å². The van der Waals surface area contributed by atoms with Crippen molar-refractivity contribution in [3.05, 3.63) is 23.7 Å². The molecular weight excluding hydrogens is 240 g/mol. The predicted octanol–water partition coefficient (Wildman–Crippen LogP) is 2.29. The molecule has 2 aliphatic rings. The average molecular weight is 262 g/mol. The molecule has 1 aromatic rings. The molecule has 1 amide bonds. The monoisotopic (exact) mass is 262 g/mol. The maximum absolute atomic E-state index is 12.6. The van der Waals surface area contributed by atoms with Gasteiger partial charge in [0.25, 0.3) is 0 Å². The molecule has 2 aliphatic carbocycles. The topological polar surface area (TPSA) is 68.3 Å². The van der Waals surface area contributed by atoms with Crippen LogP contribution in [0.2, 0.25) is 0 Å². The van der Waals surface area contributed by atoms with Crippen LogP contribution in [0.15, 0.2) is 16.7 Å². The number of carbonyl (C=O) groups is 1. The molecule has 1 fully saturated rings. The van der Waals surface area contributed by atoms with Crippen molar-refractivity contribution in [2.24, 2.45) is 11.1 Å². The van der Waals surface area contributed by atoms with Gasteiger partial charge in [0.15, 0.2) is 0 Å². The fourth-order valence-corrected chi connectivity index (χ4v) is 3.43. The predicted molar refractivity (Wildman–Crippen MR) is 72.5 cm³/mol. The van der Waals surface area contributed by atoms with Crippen LogP contribution in [0.3, 0.4) is 0 Å². The first-order chi connectivity index (χ1) is 9.11. The molecule has 1 heterocycles. The summed E-state index contributed by atoms with van der Waals surface area (Å²) in [4.78, 5) is 12.6. The Hall–Kier alpha value is -1.29. The van der Waals surface area contributed by atoms with Crippen molar-refractivity contribution in [3.63, 3.8) is 0 Å². The number of rotatable bonds is 2. The van der Waals surface area contributed by atoms with Crippen molar-refractivity contribution in [2.45, 2.75) is 57.5 Å². The highest BCUT2D eigenvalue weighted by Gasteiger charge is 2.43. The molecule has 4 nitrogen and oxygen atoms in total. The lowest BCUT2D eigenvalue weighted by Gasteiger charge is -2.31. The molecule has 1 saturated carbocycles. The van der Waals surface area contributed by atoms with Crippen molar-refractivity contribution in [2.75, 3.05) is 0 Å². The first-order valence-electron chi connectivity index (χ1n) is 7.24. The van der Waals surface area contributed by atoms with E-state index in [1.165, 1.54) is 0 Å². The maximum atomic E-state index is 12.6. The zero-order chi connectivity index (χ0) is 13.5. The number of nitrogens with one attached hydrogen (secondary N) is 1. The molecule has 3 atom stereocenters. The largest absolute Gasteiger partial charge is 0.469 e. The highest BCUT2D eigenvalue weighted by Crippen LogP contribution is 2.38. The summed E-state index contributed by atoms with van der Waals surface area (Å²) in [6, 6.07) is 2.07. The summed E-state index contributed by atoms with van der Waals surface area (Å²) in [7, 11) is 0. The van der Waals surface area contributed by atoms with E-state index in [1.54, 1.807) is 6.26 Å². The fraction of sp³-hybridized carbons (Fsp3) is 0.667. The maximum Gasteiger partial charge on any atom is 0.227 e. The molecular formula is C15H22N2O2. The van der Waals surface area contributed by atoms with Gasteiger partial charge in [0, 0.05) is 18.0 Å². The van der Waals surface area contributed by atoms with Gasteiger partial charge in [0.1, 0.15) is 5.76 Å². The number of amides is 1. The minimum atomic E-state index is -0.401. The van der Waals surface area contributed by atoms with Gasteiger partial charge in [-0.2, -0.15) is 0 Å².